The SMILES string of the molecule is CC(C)(O)c1ccc(B2OC(C)(C)C(C)(C)O2)cc1S(C)(=O)=O.CCOC(=O)c1ccc(Br)cc1SC.CSc1cc(Br)ccc1C(C)(C)O.Cc1cc(Br)ccc1C(C)(C)O.O=S=O. The van der Waals surface area contributed by atoms with E-state index in [1.54, 1.807) is 78.4 Å². The van der Waals surface area contributed by atoms with Gasteiger partial charge in [-0.2, -0.15) is 8.42 Å². The van der Waals surface area contributed by atoms with Gasteiger partial charge in [-0.25, -0.2) is 13.2 Å². The van der Waals surface area contributed by atoms with E-state index < -0.39 is 56.5 Å². The summed E-state index contributed by atoms with van der Waals surface area (Å²) in [5.74, 6) is -0.260. The molecule has 0 aromatic heterocycles. The first-order valence-electron chi connectivity index (χ1n) is 20.0. The first kappa shape index (κ1) is 61.1. The van der Waals surface area contributed by atoms with Crippen LogP contribution in [0.2, 0.25) is 0 Å². The predicted octanol–water partition coefficient (Wildman–Crippen LogP) is 10.7. The second-order valence-corrected chi connectivity index (χ2v) is 23.8. The number of thioether (sulfide) groups is 2. The van der Waals surface area contributed by atoms with Gasteiger partial charge < -0.3 is 29.4 Å². The van der Waals surface area contributed by atoms with Crippen LogP contribution in [0.15, 0.2) is 101 Å². The first-order chi connectivity index (χ1) is 29.6. The van der Waals surface area contributed by atoms with Gasteiger partial charge in [0.1, 0.15) is 0 Å². The standard InChI is InChI=1S/C16H25BO5S.C10H11BrO2S.C10H13BrOS.C10H13BrO.O2S/c1-14(2,18)12-9-8-11(10-13(12)23(7,19)20)17-21-15(3,4)16(5,6)22-17;1-3-13-10(12)8-5-4-7(11)6-9(8)14-2;1-10(2,12)8-5-4-7(11)6-9(8)13-3;1-7-6-8(11)4-5-9(7)10(2,3)12;1-3-2/h8-10,18H,1-7H3;4-6H,3H2,1-2H3;4-6,12H,1-3H3;4-6,12H,1-3H3;. The lowest BCUT2D eigenvalue weighted by molar-refractivity contribution is 0.00578. The maximum Gasteiger partial charge on any atom is 0.494 e. The molecule has 5 rings (SSSR count). The number of aryl methyl sites for hydroxylation is 1. The number of esters is 1. The summed E-state index contributed by atoms with van der Waals surface area (Å²) in [4.78, 5) is 13.6. The Morgan fingerprint density at radius 2 is 1.09 bits per heavy atom. The summed E-state index contributed by atoms with van der Waals surface area (Å²) in [6.07, 6.45) is 5.08. The van der Waals surface area contributed by atoms with E-state index in [-0.39, 0.29) is 10.9 Å². The second kappa shape index (κ2) is 25.7. The second-order valence-electron chi connectivity index (χ2n) is 17.2. The monoisotopic (exact) mass is 1170 g/mol. The van der Waals surface area contributed by atoms with Crippen LogP contribution in [0.1, 0.15) is 109 Å². The van der Waals surface area contributed by atoms with E-state index in [0.29, 0.717) is 23.2 Å². The van der Waals surface area contributed by atoms with Crippen LogP contribution in [0.4, 0.5) is 0 Å². The summed E-state index contributed by atoms with van der Waals surface area (Å²) in [7, 11) is -4.14. The molecule has 0 unspecified atom stereocenters. The lowest BCUT2D eigenvalue weighted by Crippen LogP contribution is -2.41. The lowest BCUT2D eigenvalue weighted by atomic mass is 9.78. The molecule has 0 radical (unpaired) electrons. The zero-order valence-electron chi connectivity index (χ0n) is 39.6. The molecule has 0 spiro atoms. The van der Waals surface area contributed by atoms with Crippen molar-refractivity contribution < 1.29 is 51.0 Å². The number of hydrogen-bond donors (Lipinski definition) is 3. The van der Waals surface area contributed by atoms with Gasteiger partial charge >= 0.3 is 24.7 Å². The summed E-state index contributed by atoms with van der Waals surface area (Å²) in [6.45, 7) is 22.3. The van der Waals surface area contributed by atoms with Crippen molar-refractivity contribution in [3.05, 3.63) is 114 Å². The van der Waals surface area contributed by atoms with Gasteiger partial charge in [-0.3, -0.25) is 0 Å². The van der Waals surface area contributed by atoms with Gasteiger partial charge in [-0.05, 0) is 166 Å². The van der Waals surface area contributed by atoms with E-state index in [2.05, 4.69) is 47.8 Å². The maximum absolute atomic E-state index is 12.1. The van der Waals surface area contributed by atoms with Crippen LogP contribution >= 0.6 is 71.3 Å². The Kier molecular flexibility index (Phi) is 24.1. The van der Waals surface area contributed by atoms with Gasteiger partial charge in [-0.15, -0.1) is 23.5 Å². The van der Waals surface area contributed by atoms with Gasteiger partial charge in [0, 0.05) is 35.0 Å². The van der Waals surface area contributed by atoms with Crippen LogP contribution in [0.5, 0.6) is 0 Å². The molecule has 1 fully saturated rings. The maximum atomic E-state index is 12.1. The van der Waals surface area contributed by atoms with Crippen molar-refractivity contribution >= 4 is 111 Å². The largest absolute Gasteiger partial charge is 0.494 e. The van der Waals surface area contributed by atoms with E-state index in [4.69, 9.17) is 22.5 Å². The third-order valence-corrected chi connectivity index (χ3v) is 14.1. The quantitative estimate of drug-likeness (QED) is 0.0822. The van der Waals surface area contributed by atoms with Crippen LogP contribution in [-0.2, 0) is 52.3 Å². The highest BCUT2D eigenvalue weighted by Crippen LogP contribution is 2.37. The molecule has 1 aliphatic rings. The fourth-order valence-electron chi connectivity index (χ4n) is 6.00. The molecule has 19 heteroatoms. The number of carbonyl (C=O) groups excluding carboxylic acids is 1. The molecule has 11 nitrogen and oxygen atoms in total. The van der Waals surface area contributed by atoms with Crippen molar-refractivity contribution in [2.75, 3.05) is 25.4 Å². The third kappa shape index (κ3) is 19.2. The highest BCUT2D eigenvalue weighted by molar-refractivity contribution is 9.11. The summed E-state index contributed by atoms with van der Waals surface area (Å²) in [5, 5.41) is 29.8. The molecule has 4 aromatic carbocycles. The summed E-state index contributed by atoms with van der Waals surface area (Å²) in [6, 6.07) is 22.2. The lowest BCUT2D eigenvalue weighted by Gasteiger charge is -2.32. The van der Waals surface area contributed by atoms with Crippen molar-refractivity contribution in [3.8, 4) is 0 Å². The zero-order valence-corrected chi connectivity index (χ0v) is 47.6. The van der Waals surface area contributed by atoms with Crippen molar-refractivity contribution in [2.24, 2.45) is 0 Å². The minimum atomic E-state index is -3.50. The molecule has 1 heterocycles. The van der Waals surface area contributed by atoms with Gasteiger partial charge in [0.05, 0.1) is 45.1 Å². The summed E-state index contributed by atoms with van der Waals surface area (Å²) < 4.78 is 60.8. The Labute approximate surface area is 424 Å². The fraction of sp³-hybridized carbons (Fsp3) is 0.457. The highest BCUT2D eigenvalue weighted by atomic mass is 79.9. The number of carbonyl (C=O) groups is 1. The van der Waals surface area contributed by atoms with Crippen molar-refractivity contribution in [3.63, 3.8) is 0 Å². The topological polar surface area (TPSA) is 174 Å². The molecular weight excluding hydrogens is 1110 g/mol. The molecular formula is C46H62BBr3O11S4. The van der Waals surface area contributed by atoms with Crippen LogP contribution in [-0.4, -0.2) is 81.8 Å². The zero-order chi connectivity index (χ0) is 50.5. The number of sulfone groups is 1. The number of ether oxygens (including phenoxy) is 1. The van der Waals surface area contributed by atoms with Crippen LogP contribution in [0.3, 0.4) is 0 Å². The number of halogens is 3. The average molecular weight is 1170 g/mol. The normalized spacial score (nSPS) is 14.2. The Hall–Kier alpha value is -1.88. The fourth-order valence-corrected chi connectivity index (χ4v) is 9.97. The summed E-state index contributed by atoms with van der Waals surface area (Å²) >= 11 is 12.6. The first-order valence-corrected chi connectivity index (χ1v) is 27.4. The van der Waals surface area contributed by atoms with Gasteiger partial charge in [0.2, 0.25) is 0 Å². The molecule has 0 saturated carbocycles. The molecule has 0 atom stereocenters. The third-order valence-electron chi connectivity index (χ3n) is 9.92. The van der Waals surface area contributed by atoms with Crippen molar-refractivity contribution in [1.82, 2.24) is 0 Å². The highest BCUT2D eigenvalue weighted by Gasteiger charge is 2.52. The number of rotatable bonds is 9. The average Bonchev–Trinajstić information content (AvgIpc) is 3.39. The van der Waals surface area contributed by atoms with Crippen LogP contribution in [0.25, 0.3) is 0 Å². The van der Waals surface area contributed by atoms with E-state index in [1.165, 1.54) is 17.8 Å². The minimum Gasteiger partial charge on any atom is -0.462 e. The molecule has 65 heavy (non-hydrogen) atoms. The molecule has 4 aromatic rings. The Morgan fingerprint density at radius 3 is 1.49 bits per heavy atom. The Balaban J connectivity index is 0.000000440. The number of hydrogen-bond acceptors (Lipinski definition) is 13. The Morgan fingerprint density at radius 1 is 0.692 bits per heavy atom. The van der Waals surface area contributed by atoms with Crippen molar-refractivity contribution in [1.29, 1.82) is 0 Å². The Bertz CT molecular complexity index is 2350. The molecule has 360 valence electrons. The number of benzene rings is 4. The smallest absolute Gasteiger partial charge is 0.462 e. The molecule has 1 aliphatic heterocycles. The van der Waals surface area contributed by atoms with Gasteiger partial charge in [0.15, 0.2) is 9.84 Å². The van der Waals surface area contributed by atoms with E-state index in [0.717, 1.165) is 46.2 Å². The molecule has 0 amide bonds. The molecule has 0 bridgehead atoms. The van der Waals surface area contributed by atoms with Crippen molar-refractivity contribution in [2.45, 2.75) is 126 Å². The van der Waals surface area contributed by atoms with Gasteiger partial charge in [-0.1, -0.05) is 72.1 Å². The predicted molar refractivity (Wildman–Crippen MR) is 277 cm³/mol. The van der Waals surface area contributed by atoms with Gasteiger partial charge in [0.25, 0.3) is 0 Å². The summed E-state index contributed by atoms with van der Waals surface area (Å²) in [5.41, 5.74) is 0.900. The van der Waals surface area contributed by atoms with Crippen LogP contribution < -0.4 is 5.46 Å². The van der Waals surface area contributed by atoms with Crippen LogP contribution in [0, 0.1) is 6.92 Å². The molecule has 1 saturated heterocycles. The molecule has 0 aliphatic carbocycles. The van der Waals surface area contributed by atoms with E-state index >= 15 is 0 Å². The minimum absolute atomic E-state index is 0.0946. The van der Waals surface area contributed by atoms with E-state index in [9.17, 15) is 28.5 Å². The molecule has 3 N–H and O–H groups in total. The van der Waals surface area contributed by atoms with E-state index in [1.807, 2.05) is 95.7 Å². The number of aliphatic hydroxyl groups is 3.